The van der Waals surface area contributed by atoms with Crippen LogP contribution in [0.1, 0.15) is 15.9 Å². The minimum Gasteiger partial charge on any atom is -0.379 e. The lowest BCUT2D eigenvalue weighted by atomic mass is 10.2. The number of carbonyl (C=O) groups is 1. The third kappa shape index (κ3) is 4.52. The van der Waals surface area contributed by atoms with Gasteiger partial charge in [0.25, 0.3) is 5.91 Å². The molecule has 0 aliphatic carbocycles. The number of nitrogens with one attached hydrogen (secondary N) is 1. The van der Waals surface area contributed by atoms with Gasteiger partial charge in [-0.25, -0.2) is 8.42 Å². The lowest BCUT2D eigenvalue weighted by Gasteiger charge is -2.26. The summed E-state index contributed by atoms with van der Waals surface area (Å²) in [7, 11) is -3.66. The van der Waals surface area contributed by atoms with Crippen molar-refractivity contribution in [3.63, 3.8) is 0 Å². The first-order chi connectivity index (χ1) is 12.8. The number of anilines is 1. The molecule has 0 radical (unpaired) electrons. The number of amides is 1. The topological polar surface area (TPSA) is 75.7 Å². The van der Waals surface area contributed by atoms with Gasteiger partial charge >= 0.3 is 0 Å². The number of hydrogen-bond acceptors (Lipinski definition) is 4. The van der Waals surface area contributed by atoms with Crippen molar-refractivity contribution in [1.29, 1.82) is 0 Å². The summed E-state index contributed by atoms with van der Waals surface area (Å²) >= 11 is 9.40. The van der Waals surface area contributed by atoms with Crippen molar-refractivity contribution >= 4 is 49.1 Å². The van der Waals surface area contributed by atoms with Crippen LogP contribution in [0.25, 0.3) is 0 Å². The molecule has 1 aliphatic rings. The van der Waals surface area contributed by atoms with E-state index >= 15 is 0 Å². The van der Waals surface area contributed by atoms with Gasteiger partial charge in [-0.05, 0) is 42.8 Å². The van der Waals surface area contributed by atoms with Crippen LogP contribution in [0.3, 0.4) is 0 Å². The summed E-state index contributed by atoms with van der Waals surface area (Å²) in [4.78, 5) is 12.7. The zero-order chi connectivity index (χ0) is 19.6. The second-order valence-electron chi connectivity index (χ2n) is 6.08. The highest BCUT2D eigenvalue weighted by Gasteiger charge is 2.28. The molecule has 27 heavy (non-hydrogen) atoms. The van der Waals surface area contributed by atoms with Crippen molar-refractivity contribution < 1.29 is 17.9 Å². The number of benzene rings is 2. The summed E-state index contributed by atoms with van der Waals surface area (Å²) in [5, 5.41) is 3.03. The van der Waals surface area contributed by atoms with E-state index in [0.717, 1.165) is 4.47 Å². The Balaban J connectivity index is 1.89. The van der Waals surface area contributed by atoms with E-state index in [4.69, 9.17) is 16.3 Å². The summed E-state index contributed by atoms with van der Waals surface area (Å²) in [6.07, 6.45) is 0. The van der Waals surface area contributed by atoms with E-state index in [1.54, 1.807) is 37.3 Å². The molecule has 0 bridgehead atoms. The van der Waals surface area contributed by atoms with Gasteiger partial charge in [0.15, 0.2) is 0 Å². The molecule has 1 fully saturated rings. The average molecular weight is 474 g/mol. The second kappa shape index (κ2) is 8.28. The highest BCUT2D eigenvalue weighted by atomic mass is 79.9. The van der Waals surface area contributed by atoms with Crippen molar-refractivity contribution in [2.75, 3.05) is 31.6 Å². The molecule has 2 aromatic carbocycles. The number of carbonyl (C=O) groups excluding carboxylic acids is 1. The molecule has 0 atom stereocenters. The number of hydrogen-bond donors (Lipinski definition) is 1. The van der Waals surface area contributed by atoms with Gasteiger partial charge in [0.2, 0.25) is 10.0 Å². The van der Waals surface area contributed by atoms with Crippen molar-refractivity contribution in [2.45, 2.75) is 11.8 Å². The lowest BCUT2D eigenvalue weighted by molar-refractivity contribution is 0.0730. The molecule has 1 saturated heterocycles. The number of morpholine rings is 1. The molecule has 3 rings (SSSR count). The Morgan fingerprint density at radius 2 is 1.89 bits per heavy atom. The van der Waals surface area contributed by atoms with E-state index in [9.17, 15) is 13.2 Å². The predicted molar refractivity (Wildman–Crippen MR) is 108 cm³/mol. The lowest BCUT2D eigenvalue weighted by Crippen LogP contribution is -2.40. The zero-order valence-corrected chi connectivity index (χ0v) is 17.7. The molecule has 1 aliphatic heterocycles. The molecule has 9 heteroatoms. The summed E-state index contributed by atoms with van der Waals surface area (Å²) in [6, 6.07) is 9.77. The third-order valence-corrected chi connectivity index (χ3v) is 7.07. The highest BCUT2D eigenvalue weighted by Crippen LogP contribution is 2.26. The van der Waals surface area contributed by atoms with E-state index in [0.29, 0.717) is 48.1 Å². The first kappa shape index (κ1) is 20.3. The number of halogens is 2. The number of ether oxygens (including phenoxy) is 1. The fourth-order valence-corrected chi connectivity index (χ4v) is 4.97. The molecule has 0 unspecified atom stereocenters. The van der Waals surface area contributed by atoms with Crippen LogP contribution in [-0.2, 0) is 14.8 Å². The second-order valence-corrected chi connectivity index (χ2v) is 9.30. The smallest absolute Gasteiger partial charge is 0.257 e. The van der Waals surface area contributed by atoms with Crippen LogP contribution in [-0.4, -0.2) is 44.9 Å². The minimum absolute atomic E-state index is 0.169. The monoisotopic (exact) mass is 472 g/mol. The maximum atomic E-state index is 12.9. The summed E-state index contributed by atoms with van der Waals surface area (Å²) in [5.74, 6) is -0.417. The Kier molecular flexibility index (Phi) is 6.22. The SMILES string of the molecule is Cc1ccc(NC(=O)c2cc(Br)ccc2Cl)cc1S(=O)(=O)N1CCOCC1. The molecule has 0 aromatic heterocycles. The molecular weight excluding hydrogens is 456 g/mol. The maximum absolute atomic E-state index is 12.9. The van der Waals surface area contributed by atoms with E-state index in [1.807, 2.05) is 0 Å². The molecule has 0 spiro atoms. The summed E-state index contributed by atoms with van der Waals surface area (Å²) in [6.45, 7) is 3.09. The van der Waals surface area contributed by atoms with Crippen LogP contribution < -0.4 is 5.32 Å². The standard InChI is InChI=1S/C18H18BrClN2O4S/c1-12-2-4-14(21-18(23)15-10-13(19)3-5-16(15)20)11-17(12)27(24,25)22-6-8-26-9-7-22/h2-5,10-11H,6-9H2,1H3,(H,21,23). The molecule has 0 saturated carbocycles. The number of nitrogens with zero attached hydrogens (tertiary/aromatic N) is 1. The van der Waals surface area contributed by atoms with E-state index < -0.39 is 15.9 Å². The average Bonchev–Trinajstić information content (AvgIpc) is 2.65. The Labute approximate surface area is 171 Å². The summed E-state index contributed by atoms with van der Waals surface area (Å²) < 4.78 is 33.2. The normalized spacial score (nSPS) is 15.5. The molecule has 2 aromatic rings. The third-order valence-electron chi connectivity index (χ3n) is 4.21. The molecular formula is C18H18BrClN2O4S. The van der Waals surface area contributed by atoms with Crippen LogP contribution in [0.5, 0.6) is 0 Å². The fraction of sp³-hybridized carbons (Fsp3) is 0.278. The van der Waals surface area contributed by atoms with E-state index in [1.165, 1.54) is 10.4 Å². The Morgan fingerprint density at radius 1 is 1.19 bits per heavy atom. The first-order valence-corrected chi connectivity index (χ1v) is 10.8. The van der Waals surface area contributed by atoms with Crippen LogP contribution in [0.2, 0.25) is 5.02 Å². The van der Waals surface area contributed by atoms with Crippen LogP contribution in [0, 0.1) is 6.92 Å². The van der Waals surface area contributed by atoms with Gasteiger partial charge in [-0.15, -0.1) is 0 Å². The molecule has 144 valence electrons. The molecule has 1 heterocycles. The van der Waals surface area contributed by atoms with E-state index in [2.05, 4.69) is 21.2 Å². The van der Waals surface area contributed by atoms with Gasteiger partial charge in [0.1, 0.15) is 0 Å². The number of aryl methyl sites for hydroxylation is 1. The molecule has 1 amide bonds. The van der Waals surface area contributed by atoms with Crippen molar-refractivity contribution in [3.05, 3.63) is 57.0 Å². The summed E-state index contributed by atoms with van der Waals surface area (Å²) in [5.41, 5.74) is 1.29. The number of rotatable bonds is 4. The number of sulfonamides is 1. The highest BCUT2D eigenvalue weighted by molar-refractivity contribution is 9.10. The Bertz CT molecular complexity index is 975. The first-order valence-electron chi connectivity index (χ1n) is 8.24. The van der Waals surface area contributed by atoms with Crippen LogP contribution in [0.15, 0.2) is 45.8 Å². The Morgan fingerprint density at radius 3 is 2.59 bits per heavy atom. The predicted octanol–water partition coefficient (Wildman–Crippen LogP) is 3.68. The van der Waals surface area contributed by atoms with Crippen LogP contribution in [0.4, 0.5) is 5.69 Å². The van der Waals surface area contributed by atoms with Gasteiger partial charge in [0.05, 0.1) is 28.7 Å². The largest absolute Gasteiger partial charge is 0.379 e. The van der Waals surface area contributed by atoms with Crippen molar-refractivity contribution in [1.82, 2.24) is 4.31 Å². The van der Waals surface area contributed by atoms with Crippen molar-refractivity contribution in [2.24, 2.45) is 0 Å². The quantitative estimate of drug-likeness (QED) is 0.735. The van der Waals surface area contributed by atoms with Gasteiger partial charge < -0.3 is 10.1 Å². The molecule has 6 nitrogen and oxygen atoms in total. The Hall–Kier alpha value is -1.45. The van der Waals surface area contributed by atoms with Gasteiger partial charge in [-0.2, -0.15) is 4.31 Å². The van der Waals surface area contributed by atoms with Gasteiger partial charge in [0, 0.05) is 23.2 Å². The van der Waals surface area contributed by atoms with Crippen LogP contribution >= 0.6 is 27.5 Å². The minimum atomic E-state index is -3.66. The molecule has 1 N–H and O–H groups in total. The fourth-order valence-electron chi connectivity index (χ4n) is 2.75. The maximum Gasteiger partial charge on any atom is 0.257 e. The van der Waals surface area contributed by atoms with Gasteiger partial charge in [-0.3, -0.25) is 4.79 Å². The zero-order valence-electron chi connectivity index (χ0n) is 14.5. The van der Waals surface area contributed by atoms with E-state index in [-0.39, 0.29) is 4.90 Å². The van der Waals surface area contributed by atoms with Gasteiger partial charge in [-0.1, -0.05) is 33.6 Å². The van der Waals surface area contributed by atoms with Crippen molar-refractivity contribution in [3.8, 4) is 0 Å².